The highest BCUT2D eigenvalue weighted by molar-refractivity contribution is 7.91. The van der Waals surface area contributed by atoms with Crippen molar-refractivity contribution in [2.24, 2.45) is 0 Å². The molecule has 0 amide bonds. The summed E-state index contributed by atoms with van der Waals surface area (Å²) >= 11 is 0. The van der Waals surface area contributed by atoms with Gasteiger partial charge in [-0.25, -0.2) is 16.8 Å². The predicted octanol–water partition coefficient (Wildman–Crippen LogP) is 0.934. The highest BCUT2D eigenvalue weighted by Gasteiger charge is 2.35. The molecule has 1 aromatic rings. The van der Waals surface area contributed by atoms with E-state index in [0.717, 1.165) is 6.07 Å². The Hall–Kier alpha value is -1.76. The number of piperazine rings is 1. The Bertz CT molecular complexity index is 1000. The maximum Gasteiger partial charge on any atom is 0.293 e. The van der Waals surface area contributed by atoms with Gasteiger partial charge in [-0.2, -0.15) is 4.31 Å². The molecular formula is C18H28N4O6S2. The van der Waals surface area contributed by atoms with Crippen molar-refractivity contribution in [3.8, 4) is 0 Å². The first-order valence-electron chi connectivity index (χ1n) is 10.1. The van der Waals surface area contributed by atoms with Crippen molar-refractivity contribution < 1.29 is 21.8 Å². The number of nitrogens with zero attached hydrogens (tertiary/aromatic N) is 4. The van der Waals surface area contributed by atoms with Gasteiger partial charge in [0, 0.05) is 51.4 Å². The lowest BCUT2D eigenvalue weighted by Crippen LogP contribution is -2.50. The van der Waals surface area contributed by atoms with E-state index in [4.69, 9.17) is 0 Å². The van der Waals surface area contributed by atoms with E-state index in [1.165, 1.54) is 16.4 Å². The van der Waals surface area contributed by atoms with E-state index < -0.39 is 24.8 Å². The fourth-order valence-corrected chi connectivity index (χ4v) is 7.42. The van der Waals surface area contributed by atoms with Crippen LogP contribution in [0, 0.1) is 10.1 Å². The molecule has 1 atom stereocenters. The number of anilines is 1. The fourth-order valence-electron chi connectivity index (χ4n) is 4.18. The largest absolute Gasteiger partial charge is 0.363 e. The van der Waals surface area contributed by atoms with Crippen LogP contribution in [0.1, 0.15) is 20.3 Å². The molecule has 2 saturated heterocycles. The molecule has 0 aromatic heterocycles. The van der Waals surface area contributed by atoms with Crippen LogP contribution in [0.25, 0.3) is 0 Å². The Labute approximate surface area is 177 Å². The minimum Gasteiger partial charge on any atom is -0.363 e. The van der Waals surface area contributed by atoms with E-state index >= 15 is 0 Å². The quantitative estimate of drug-likeness (QED) is 0.435. The lowest BCUT2D eigenvalue weighted by Gasteiger charge is -2.38. The molecule has 30 heavy (non-hydrogen) atoms. The molecule has 0 N–H and O–H groups in total. The number of hydrogen-bond acceptors (Lipinski definition) is 8. The van der Waals surface area contributed by atoms with Gasteiger partial charge in [0.1, 0.15) is 5.69 Å². The van der Waals surface area contributed by atoms with Crippen LogP contribution in [0.3, 0.4) is 0 Å². The molecule has 2 heterocycles. The lowest BCUT2D eigenvalue weighted by molar-refractivity contribution is -0.384. The Morgan fingerprint density at radius 2 is 1.80 bits per heavy atom. The summed E-state index contributed by atoms with van der Waals surface area (Å²) < 4.78 is 50.2. The van der Waals surface area contributed by atoms with E-state index in [2.05, 4.69) is 4.90 Å². The van der Waals surface area contributed by atoms with Crippen molar-refractivity contribution in [1.29, 1.82) is 0 Å². The number of sulfone groups is 1. The van der Waals surface area contributed by atoms with E-state index in [1.54, 1.807) is 13.8 Å². The van der Waals surface area contributed by atoms with Crippen LogP contribution < -0.4 is 4.90 Å². The third-order valence-corrected chi connectivity index (χ3v) is 9.66. The molecule has 1 unspecified atom stereocenters. The standard InChI is InChI=1S/C18H28N4O6S2/c1-3-21(4-2)30(27,28)16-5-6-17(18(13-16)22(23)24)20-10-8-19(9-11-20)15-7-12-29(25,26)14-15/h5-6,13,15H,3-4,7-12,14H2,1-2H3. The second-order valence-electron chi connectivity index (χ2n) is 7.58. The summed E-state index contributed by atoms with van der Waals surface area (Å²) in [5.41, 5.74) is 0.150. The molecule has 2 aliphatic heterocycles. The molecule has 0 saturated carbocycles. The number of nitro benzene ring substituents is 1. The minimum atomic E-state index is -3.79. The van der Waals surface area contributed by atoms with Crippen LogP contribution >= 0.6 is 0 Å². The first-order chi connectivity index (χ1) is 14.1. The zero-order valence-electron chi connectivity index (χ0n) is 17.2. The van der Waals surface area contributed by atoms with Gasteiger partial charge in [-0.15, -0.1) is 0 Å². The summed E-state index contributed by atoms with van der Waals surface area (Å²) in [6.07, 6.45) is 0.625. The van der Waals surface area contributed by atoms with Gasteiger partial charge in [0.25, 0.3) is 5.69 Å². The van der Waals surface area contributed by atoms with Gasteiger partial charge >= 0.3 is 0 Å². The average molecular weight is 461 g/mol. The lowest BCUT2D eigenvalue weighted by atomic mass is 10.1. The topological polar surface area (TPSA) is 121 Å². The molecule has 2 aliphatic rings. The molecule has 3 rings (SSSR count). The maximum absolute atomic E-state index is 12.7. The van der Waals surface area contributed by atoms with Crippen molar-refractivity contribution >= 4 is 31.2 Å². The molecule has 0 aliphatic carbocycles. The van der Waals surface area contributed by atoms with Crippen LogP contribution in [0.15, 0.2) is 23.1 Å². The van der Waals surface area contributed by atoms with Gasteiger partial charge in [-0.3, -0.25) is 15.0 Å². The highest BCUT2D eigenvalue weighted by atomic mass is 32.2. The Morgan fingerprint density at radius 1 is 1.17 bits per heavy atom. The number of rotatable bonds is 7. The van der Waals surface area contributed by atoms with E-state index in [1.807, 2.05) is 4.90 Å². The smallest absolute Gasteiger partial charge is 0.293 e. The van der Waals surface area contributed by atoms with Crippen LogP contribution in [0.5, 0.6) is 0 Å². The summed E-state index contributed by atoms with van der Waals surface area (Å²) in [5, 5.41) is 11.7. The SMILES string of the molecule is CCN(CC)S(=O)(=O)c1ccc(N2CCN(C3CCS(=O)(=O)C3)CC2)c([N+](=O)[O-])c1. The molecule has 10 nitrogen and oxygen atoms in total. The van der Waals surface area contributed by atoms with E-state index in [9.17, 15) is 26.9 Å². The molecule has 0 bridgehead atoms. The number of nitro groups is 1. The summed E-state index contributed by atoms with van der Waals surface area (Å²) in [7, 11) is -6.75. The molecule has 168 valence electrons. The molecule has 0 spiro atoms. The molecular weight excluding hydrogens is 432 g/mol. The predicted molar refractivity (Wildman–Crippen MR) is 114 cm³/mol. The number of benzene rings is 1. The van der Waals surface area contributed by atoms with Gasteiger partial charge in [-0.05, 0) is 18.6 Å². The molecule has 2 fully saturated rings. The normalized spacial score (nSPS) is 22.5. The minimum absolute atomic E-state index is 0.00808. The van der Waals surface area contributed by atoms with Gasteiger partial charge in [0.15, 0.2) is 9.84 Å². The first kappa shape index (κ1) is 22.9. The van der Waals surface area contributed by atoms with Crippen LogP contribution in [0.4, 0.5) is 11.4 Å². The summed E-state index contributed by atoms with van der Waals surface area (Å²) in [6, 6.07) is 4.07. The first-order valence-corrected chi connectivity index (χ1v) is 13.3. The van der Waals surface area contributed by atoms with Gasteiger partial charge in [0.2, 0.25) is 10.0 Å². The number of sulfonamides is 1. The summed E-state index contributed by atoms with van der Waals surface area (Å²) in [5.74, 6) is 0.386. The summed E-state index contributed by atoms with van der Waals surface area (Å²) in [6.45, 7) is 6.25. The van der Waals surface area contributed by atoms with Crippen molar-refractivity contribution in [3.63, 3.8) is 0 Å². The maximum atomic E-state index is 12.7. The van der Waals surface area contributed by atoms with E-state index in [-0.39, 0.29) is 41.2 Å². The fraction of sp³-hybridized carbons (Fsp3) is 0.667. The van der Waals surface area contributed by atoms with Gasteiger partial charge < -0.3 is 4.90 Å². The Morgan fingerprint density at radius 3 is 2.30 bits per heavy atom. The molecule has 1 aromatic carbocycles. The monoisotopic (exact) mass is 460 g/mol. The van der Waals surface area contributed by atoms with Crippen LogP contribution in [0.2, 0.25) is 0 Å². The highest BCUT2D eigenvalue weighted by Crippen LogP contribution is 2.33. The number of hydrogen-bond donors (Lipinski definition) is 0. The van der Waals surface area contributed by atoms with Crippen molar-refractivity contribution in [3.05, 3.63) is 28.3 Å². The Balaban J connectivity index is 1.79. The van der Waals surface area contributed by atoms with Gasteiger partial charge in [-0.1, -0.05) is 13.8 Å². The Kier molecular flexibility index (Phi) is 6.70. The van der Waals surface area contributed by atoms with Crippen molar-refractivity contribution in [2.45, 2.75) is 31.2 Å². The third kappa shape index (κ3) is 4.61. The van der Waals surface area contributed by atoms with Crippen LogP contribution in [-0.4, -0.2) is 87.8 Å². The van der Waals surface area contributed by atoms with Crippen molar-refractivity contribution in [1.82, 2.24) is 9.21 Å². The zero-order chi connectivity index (χ0) is 22.1. The van der Waals surface area contributed by atoms with Crippen LogP contribution in [-0.2, 0) is 19.9 Å². The van der Waals surface area contributed by atoms with Crippen molar-refractivity contribution in [2.75, 3.05) is 55.7 Å². The molecule has 12 heteroatoms. The average Bonchev–Trinajstić information content (AvgIpc) is 3.08. The second kappa shape index (κ2) is 8.77. The molecule has 0 radical (unpaired) electrons. The second-order valence-corrected chi connectivity index (χ2v) is 11.7. The van der Waals surface area contributed by atoms with Gasteiger partial charge in [0.05, 0.1) is 21.3 Å². The third-order valence-electron chi connectivity index (χ3n) is 5.87. The summed E-state index contributed by atoms with van der Waals surface area (Å²) in [4.78, 5) is 15.1. The zero-order valence-corrected chi connectivity index (χ0v) is 18.9. The van der Waals surface area contributed by atoms with E-state index in [0.29, 0.717) is 38.3 Å².